The summed E-state index contributed by atoms with van der Waals surface area (Å²) in [4.78, 5) is 20.1. The minimum absolute atomic E-state index is 0. The number of hydrogen-bond donors (Lipinski definition) is 3. The standard InChI is InChI=1S/C2I2O4.BH3O3.Li.H/c3-7-1(5)2(6)8-4;2-1(3)4;;/h;2-4H;;. The summed E-state index contributed by atoms with van der Waals surface area (Å²) >= 11 is 2.60. The van der Waals surface area contributed by atoms with Gasteiger partial charge in [0.15, 0.2) is 46.0 Å². The number of carbonyl (C=O) groups excluding carboxylic acids is 2. The second kappa shape index (κ2) is 12.9. The molecule has 0 saturated heterocycles. The van der Waals surface area contributed by atoms with Gasteiger partial charge in [0.05, 0.1) is 0 Å². The van der Waals surface area contributed by atoms with Crippen LogP contribution in [0.1, 0.15) is 0 Å². The average molecular weight is 412 g/mol. The zero-order valence-corrected chi connectivity index (χ0v) is 9.62. The first kappa shape index (κ1) is 19.5. The van der Waals surface area contributed by atoms with Gasteiger partial charge < -0.3 is 21.2 Å². The topological polar surface area (TPSA) is 113 Å². The average Bonchev–Trinajstić information content (AvgIpc) is 2.00. The normalized spacial score (nSPS) is 6.85. The van der Waals surface area contributed by atoms with Crippen LogP contribution in [-0.2, 0) is 15.7 Å². The van der Waals surface area contributed by atoms with Gasteiger partial charge in [0.1, 0.15) is 0 Å². The van der Waals surface area contributed by atoms with Gasteiger partial charge >= 0.3 is 38.1 Å². The van der Waals surface area contributed by atoms with Crippen molar-refractivity contribution >= 4 is 84.1 Å². The molecule has 0 atom stereocenters. The Balaban J connectivity index is -0.000000173. The van der Waals surface area contributed by atoms with Gasteiger partial charge in [-0.1, -0.05) is 0 Å². The van der Waals surface area contributed by atoms with Crippen LogP contribution >= 0.6 is 46.0 Å². The van der Waals surface area contributed by atoms with Gasteiger partial charge in [0.25, 0.3) is 0 Å². The molecule has 0 spiro atoms. The van der Waals surface area contributed by atoms with Crippen molar-refractivity contribution in [1.29, 1.82) is 0 Å². The molecule has 0 aliphatic rings. The third-order valence-electron chi connectivity index (χ3n) is 0.307. The molecule has 11 heteroatoms. The van der Waals surface area contributed by atoms with Crippen molar-refractivity contribution < 1.29 is 30.8 Å². The molecule has 0 unspecified atom stereocenters. The molecule has 13 heavy (non-hydrogen) atoms. The molecular formula is C2H4BI2LiO7. The molecule has 0 amide bonds. The van der Waals surface area contributed by atoms with Gasteiger partial charge in [-0.15, -0.1) is 0 Å². The van der Waals surface area contributed by atoms with E-state index in [1.54, 1.807) is 0 Å². The predicted octanol–water partition coefficient (Wildman–Crippen LogP) is -1.93. The molecule has 0 aliphatic heterocycles. The maximum atomic E-state index is 10.0. The molecule has 72 valence electrons. The molecule has 0 aromatic heterocycles. The first-order valence-corrected chi connectivity index (χ1v) is 3.91. The van der Waals surface area contributed by atoms with E-state index in [0.717, 1.165) is 0 Å². The van der Waals surface area contributed by atoms with Crippen LogP contribution < -0.4 is 0 Å². The Labute approximate surface area is 114 Å². The molecule has 0 rings (SSSR count). The molecule has 7 nitrogen and oxygen atoms in total. The fourth-order valence-electron chi connectivity index (χ4n) is 0.0630. The molecule has 0 fully saturated rings. The molecule has 0 aromatic rings. The Kier molecular flexibility index (Phi) is 19.4. The van der Waals surface area contributed by atoms with E-state index in [4.69, 9.17) is 15.1 Å². The predicted molar refractivity (Wildman–Crippen MR) is 59.8 cm³/mol. The Morgan fingerprint density at radius 2 is 1.15 bits per heavy atom. The summed E-state index contributed by atoms with van der Waals surface area (Å²) in [6, 6.07) is 0. The number of halogens is 2. The quantitative estimate of drug-likeness (QED) is 0.242. The van der Waals surface area contributed by atoms with E-state index in [2.05, 4.69) is 6.13 Å². The molecule has 0 saturated carbocycles. The van der Waals surface area contributed by atoms with E-state index in [1.165, 1.54) is 46.0 Å². The second-order valence-electron chi connectivity index (χ2n) is 1.08. The van der Waals surface area contributed by atoms with Gasteiger partial charge in [-0.3, -0.25) is 0 Å². The van der Waals surface area contributed by atoms with Gasteiger partial charge in [-0.2, -0.15) is 0 Å². The zero-order valence-electron chi connectivity index (χ0n) is 5.31. The third-order valence-corrected chi connectivity index (χ3v) is 1.11. The van der Waals surface area contributed by atoms with Gasteiger partial charge in [-0.25, -0.2) is 9.59 Å². The summed E-state index contributed by atoms with van der Waals surface area (Å²) in [5.41, 5.74) is 0. The first-order valence-electron chi connectivity index (χ1n) is 2.15. The van der Waals surface area contributed by atoms with E-state index in [0.29, 0.717) is 0 Å². The van der Waals surface area contributed by atoms with Crippen LogP contribution in [0.5, 0.6) is 0 Å². The van der Waals surface area contributed by atoms with Crippen molar-refractivity contribution in [3.05, 3.63) is 0 Å². The van der Waals surface area contributed by atoms with Crippen molar-refractivity contribution in [1.82, 2.24) is 0 Å². The van der Waals surface area contributed by atoms with Crippen molar-refractivity contribution in [2.75, 3.05) is 0 Å². The maximum absolute atomic E-state index is 10.0. The Hall–Kier alpha value is 0.942. The van der Waals surface area contributed by atoms with Crippen LogP contribution in [0.2, 0.25) is 0 Å². The second-order valence-corrected chi connectivity index (χ2v) is 1.96. The Bertz CT molecular complexity index is 137. The van der Waals surface area contributed by atoms with Crippen LogP contribution in [0.15, 0.2) is 0 Å². The molecule has 3 N–H and O–H groups in total. The summed E-state index contributed by atoms with van der Waals surface area (Å²) in [7, 11) is -2.17. The monoisotopic (exact) mass is 412 g/mol. The van der Waals surface area contributed by atoms with Crippen LogP contribution in [-0.4, -0.2) is 53.2 Å². The van der Waals surface area contributed by atoms with Crippen molar-refractivity contribution in [3.63, 3.8) is 0 Å². The van der Waals surface area contributed by atoms with Gasteiger partial charge in [0, 0.05) is 0 Å². The van der Waals surface area contributed by atoms with Crippen LogP contribution in [0.25, 0.3) is 0 Å². The zero-order chi connectivity index (χ0) is 10.1. The Morgan fingerprint density at radius 1 is 1.00 bits per heavy atom. The van der Waals surface area contributed by atoms with E-state index in [9.17, 15) is 9.59 Å². The first-order chi connectivity index (χ1) is 5.45. The van der Waals surface area contributed by atoms with Crippen LogP contribution in [0.3, 0.4) is 0 Å². The molecule has 0 aromatic carbocycles. The van der Waals surface area contributed by atoms with Crippen LogP contribution in [0, 0.1) is 0 Å². The summed E-state index contributed by atoms with van der Waals surface area (Å²) in [6.45, 7) is 0. The summed E-state index contributed by atoms with van der Waals surface area (Å²) < 4.78 is 7.91. The summed E-state index contributed by atoms with van der Waals surface area (Å²) in [5, 5.41) is 21.5. The third kappa shape index (κ3) is 19.4. The molecular weight excluding hydrogens is 408 g/mol. The fraction of sp³-hybridized carbons (Fsp3) is 0. The number of hydrogen-bond acceptors (Lipinski definition) is 7. The van der Waals surface area contributed by atoms with Gasteiger partial charge in [-0.05, 0) is 0 Å². The molecule has 0 aliphatic carbocycles. The van der Waals surface area contributed by atoms with E-state index in [1.807, 2.05) is 0 Å². The van der Waals surface area contributed by atoms with E-state index < -0.39 is 19.3 Å². The van der Waals surface area contributed by atoms with E-state index in [-0.39, 0.29) is 18.9 Å². The molecule has 0 heterocycles. The van der Waals surface area contributed by atoms with E-state index >= 15 is 0 Å². The fourth-order valence-corrected chi connectivity index (χ4v) is 0.423. The number of carbonyl (C=O) groups is 2. The minimum atomic E-state index is -2.17. The molecule has 0 bridgehead atoms. The van der Waals surface area contributed by atoms with Crippen molar-refractivity contribution in [3.8, 4) is 0 Å². The van der Waals surface area contributed by atoms with Crippen LogP contribution in [0.4, 0.5) is 0 Å². The summed E-state index contributed by atoms with van der Waals surface area (Å²) in [6.07, 6.45) is 0. The molecule has 0 radical (unpaired) electrons. The van der Waals surface area contributed by atoms with Gasteiger partial charge in [0.2, 0.25) is 0 Å². The Morgan fingerprint density at radius 3 is 1.23 bits per heavy atom. The van der Waals surface area contributed by atoms with Crippen molar-refractivity contribution in [2.24, 2.45) is 0 Å². The van der Waals surface area contributed by atoms with Crippen molar-refractivity contribution in [2.45, 2.75) is 0 Å². The number of rotatable bonds is 0. The summed E-state index contributed by atoms with van der Waals surface area (Å²) in [5.74, 6) is -2.00. The SMILES string of the molecule is O=C(OI)C(=O)OI.OB(O)O.[LiH].